The van der Waals surface area contributed by atoms with Crippen LogP contribution in [0.1, 0.15) is 19.4 Å². The highest BCUT2D eigenvalue weighted by Gasteiger charge is 2.38. The smallest absolute Gasteiger partial charge is 0.192 e. The van der Waals surface area contributed by atoms with Gasteiger partial charge in [-0.05, 0) is 23.8 Å². The third kappa shape index (κ3) is 4.20. The Bertz CT molecular complexity index is 1140. The number of methoxy groups -OCH3 is 1. The van der Waals surface area contributed by atoms with Crippen LogP contribution in [-0.2, 0) is 21.5 Å². The van der Waals surface area contributed by atoms with E-state index in [-0.39, 0.29) is 17.0 Å². The SMILES string of the molecule is COCCn1c(SCC(=O)/C=C2/N(C)c3ccccc3C2(C)C)nnc1-c1ccncc1. The quantitative estimate of drug-likeness (QED) is 0.381. The van der Waals surface area contributed by atoms with Crippen molar-refractivity contribution in [3.8, 4) is 11.4 Å². The highest BCUT2D eigenvalue weighted by molar-refractivity contribution is 7.99. The number of fused-ring (bicyclic) bond motifs is 1. The van der Waals surface area contributed by atoms with E-state index in [4.69, 9.17) is 4.74 Å². The molecule has 3 heterocycles. The number of allylic oxidation sites excluding steroid dienone is 2. The Labute approximate surface area is 192 Å². The first-order valence-corrected chi connectivity index (χ1v) is 11.5. The van der Waals surface area contributed by atoms with Crippen molar-refractivity contribution in [1.82, 2.24) is 19.7 Å². The number of ketones is 1. The summed E-state index contributed by atoms with van der Waals surface area (Å²) in [6.45, 7) is 5.44. The molecule has 0 saturated heterocycles. The molecule has 1 aliphatic heterocycles. The van der Waals surface area contributed by atoms with Crippen LogP contribution in [0.2, 0.25) is 0 Å². The zero-order chi connectivity index (χ0) is 22.7. The van der Waals surface area contributed by atoms with Crippen LogP contribution >= 0.6 is 11.8 Å². The van der Waals surface area contributed by atoms with Crippen molar-refractivity contribution in [2.75, 3.05) is 31.4 Å². The number of ether oxygens (including phenoxy) is 1. The number of anilines is 1. The first-order valence-electron chi connectivity index (χ1n) is 10.5. The molecule has 0 N–H and O–H groups in total. The topological polar surface area (TPSA) is 73.1 Å². The molecule has 1 aliphatic rings. The number of thioether (sulfide) groups is 1. The lowest BCUT2D eigenvalue weighted by atomic mass is 9.83. The van der Waals surface area contributed by atoms with Crippen molar-refractivity contribution in [2.45, 2.75) is 31.0 Å². The van der Waals surface area contributed by atoms with Crippen molar-refractivity contribution in [3.05, 3.63) is 66.1 Å². The summed E-state index contributed by atoms with van der Waals surface area (Å²) in [6.07, 6.45) is 5.22. The normalized spacial score (nSPS) is 15.9. The van der Waals surface area contributed by atoms with E-state index < -0.39 is 0 Å². The molecule has 0 amide bonds. The van der Waals surface area contributed by atoms with Gasteiger partial charge in [0.25, 0.3) is 0 Å². The lowest BCUT2D eigenvalue weighted by Gasteiger charge is -2.23. The van der Waals surface area contributed by atoms with Gasteiger partial charge in [0.15, 0.2) is 16.8 Å². The number of para-hydroxylation sites is 1. The fourth-order valence-corrected chi connectivity index (χ4v) is 4.87. The van der Waals surface area contributed by atoms with Crippen LogP contribution < -0.4 is 4.90 Å². The Balaban J connectivity index is 1.53. The summed E-state index contributed by atoms with van der Waals surface area (Å²) in [4.78, 5) is 19.1. The van der Waals surface area contributed by atoms with Crippen LogP contribution in [0.25, 0.3) is 11.4 Å². The van der Waals surface area contributed by atoms with Gasteiger partial charge in [-0.2, -0.15) is 0 Å². The maximum absolute atomic E-state index is 12.9. The highest BCUT2D eigenvalue weighted by atomic mass is 32.2. The standard InChI is InChI=1S/C24H27N5O2S/c1-24(2)19-7-5-6-8-20(19)28(3)21(24)15-18(30)16-32-23-27-26-22(29(23)13-14-31-4)17-9-11-25-12-10-17/h5-12,15H,13-14,16H2,1-4H3/b21-15+. The first-order chi connectivity index (χ1) is 15.4. The number of likely N-dealkylation sites (N-methyl/N-ethyl adjacent to an activating group) is 1. The molecule has 0 atom stereocenters. The summed E-state index contributed by atoms with van der Waals surface area (Å²) >= 11 is 1.40. The fraction of sp³-hybridized carbons (Fsp3) is 0.333. The number of carbonyl (C=O) groups is 1. The van der Waals surface area contributed by atoms with Gasteiger partial charge in [-0.15, -0.1) is 10.2 Å². The van der Waals surface area contributed by atoms with Gasteiger partial charge in [0.2, 0.25) is 0 Å². The number of pyridine rings is 1. The van der Waals surface area contributed by atoms with Crippen LogP contribution in [-0.4, -0.2) is 52.0 Å². The number of hydrogen-bond acceptors (Lipinski definition) is 7. The summed E-state index contributed by atoms with van der Waals surface area (Å²) in [7, 11) is 3.68. The highest BCUT2D eigenvalue weighted by Crippen LogP contribution is 2.46. The minimum absolute atomic E-state index is 0.0458. The van der Waals surface area contributed by atoms with Crippen molar-refractivity contribution < 1.29 is 9.53 Å². The Kier molecular flexibility index (Phi) is 6.43. The zero-order valence-electron chi connectivity index (χ0n) is 18.8. The van der Waals surface area contributed by atoms with Gasteiger partial charge in [0.1, 0.15) is 0 Å². The second-order valence-electron chi connectivity index (χ2n) is 8.17. The second kappa shape index (κ2) is 9.26. The maximum Gasteiger partial charge on any atom is 0.192 e. The van der Waals surface area contributed by atoms with E-state index in [9.17, 15) is 4.79 Å². The van der Waals surface area contributed by atoms with E-state index in [1.165, 1.54) is 17.3 Å². The van der Waals surface area contributed by atoms with Crippen molar-refractivity contribution in [3.63, 3.8) is 0 Å². The Morgan fingerprint density at radius 1 is 1.16 bits per heavy atom. The largest absolute Gasteiger partial charge is 0.383 e. The maximum atomic E-state index is 12.9. The molecule has 2 aromatic heterocycles. The van der Waals surface area contributed by atoms with Crippen molar-refractivity contribution in [2.24, 2.45) is 0 Å². The number of hydrogen-bond donors (Lipinski definition) is 0. The molecule has 0 fully saturated rings. The van der Waals surface area contributed by atoms with Gasteiger partial charge in [-0.25, -0.2) is 0 Å². The van der Waals surface area contributed by atoms with E-state index in [0.29, 0.717) is 18.3 Å². The van der Waals surface area contributed by atoms with Gasteiger partial charge in [0, 0.05) is 55.0 Å². The molecule has 166 valence electrons. The summed E-state index contributed by atoms with van der Waals surface area (Å²) < 4.78 is 7.25. The van der Waals surface area contributed by atoms with Gasteiger partial charge in [-0.3, -0.25) is 14.3 Å². The molecule has 1 aromatic carbocycles. The van der Waals surface area contributed by atoms with Crippen molar-refractivity contribution in [1.29, 1.82) is 0 Å². The van der Waals surface area contributed by atoms with E-state index in [1.807, 2.05) is 35.9 Å². The summed E-state index contributed by atoms with van der Waals surface area (Å²) in [5.41, 5.74) is 4.08. The molecular weight excluding hydrogens is 422 g/mol. The molecule has 0 radical (unpaired) electrons. The summed E-state index contributed by atoms with van der Waals surface area (Å²) in [5.74, 6) is 1.07. The monoisotopic (exact) mass is 449 g/mol. The van der Waals surface area contributed by atoms with Crippen LogP contribution in [0.15, 0.2) is 65.7 Å². The molecule has 3 aromatic rings. The Morgan fingerprint density at radius 2 is 1.91 bits per heavy atom. The predicted molar refractivity (Wildman–Crippen MR) is 127 cm³/mol. The molecule has 0 aliphatic carbocycles. The summed E-state index contributed by atoms with van der Waals surface area (Å²) in [5, 5.41) is 9.40. The predicted octanol–water partition coefficient (Wildman–Crippen LogP) is 3.96. The average Bonchev–Trinajstić information content (AvgIpc) is 3.29. The van der Waals surface area contributed by atoms with Crippen LogP contribution in [0, 0.1) is 0 Å². The number of aromatic nitrogens is 4. The van der Waals surface area contributed by atoms with Gasteiger partial charge in [0.05, 0.1) is 18.9 Å². The molecule has 0 bridgehead atoms. The first kappa shape index (κ1) is 22.2. The molecular formula is C24H27N5O2S. The third-order valence-electron chi connectivity index (χ3n) is 5.76. The van der Waals surface area contributed by atoms with Gasteiger partial charge in [-0.1, -0.05) is 43.8 Å². The van der Waals surface area contributed by atoms with Crippen molar-refractivity contribution >= 4 is 23.2 Å². The molecule has 8 heteroatoms. The molecule has 0 saturated carbocycles. The summed E-state index contributed by atoms with van der Waals surface area (Å²) in [6, 6.07) is 12.1. The van der Waals surface area contributed by atoms with E-state index >= 15 is 0 Å². The molecule has 0 unspecified atom stereocenters. The van der Waals surface area contributed by atoms with Crippen LogP contribution in [0.4, 0.5) is 5.69 Å². The lowest BCUT2D eigenvalue weighted by Crippen LogP contribution is -2.24. The second-order valence-corrected chi connectivity index (χ2v) is 9.11. The van der Waals surface area contributed by atoms with E-state index in [2.05, 4.69) is 46.1 Å². The van der Waals surface area contributed by atoms with Gasteiger partial charge < -0.3 is 9.64 Å². The number of benzene rings is 1. The lowest BCUT2D eigenvalue weighted by molar-refractivity contribution is -0.112. The van der Waals surface area contributed by atoms with Crippen LogP contribution in [0.5, 0.6) is 0 Å². The number of carbonyl (C=O) groups excluding carboxylic acids is 1. The third-order valence-corrected chi connectivity index (χ3v) is 6.75. The molecule has 4 rings (SSSR count). The fourth-order valence-electron chi connectivity index (χ4n) is 4.08. The minimum atomic E-state index is -0.224. The zero-order valence-corrected chi connectivity index (χ0v) is 19.6. The number of rotatable bonds is 8. The Hall–Kier alpha value is -2.97. The molecule has 0 spiro atoms. The average molecular weight is 450 g/mol. The number of nitrogens with zero attached hydrogens (tertiary/aromatic N) is 5. The van der Waals surface area contributed by atoms with Gasteiger partial charge >= 0.3 is 0 Å². The minimum Gasteiger partial charge on any atom is -0.383 e. The van der Waals surface area contributed by atoms with E-state index in [0.717, 1.165) is 22.8 Å². The van der Waals surface area contributed by atoms with Crippen LogP contribution in [0.3, 0.4) is 0 Å². The molecule has 32 heavy (non-hydrogen) atoms. The Morgan fingerprint density at radius 3 is 2.62 bits per heavy atom. The van der Waals surface area contributed by atoms with E-state index in [1.54, 1.807) is 25.6 Å². The molecule has 7 nitrogen and oxygen atoms in total.